The molecule has 4 nitrogen and oxygen atoms in total. The molecule has 5 heteroatoms. The summed E-state index contributed by atoms with van der Waals surface area (Å²) >= 11 is 5.65. The highest BCUT2D eigenvalue weighted by molar-refractivity contribution is 7.80. The fourth-order valence-electron chi connectivity index (χ4n) is 4.61. The smallest absolute Gasteiger partial charge is 0.277 e. The zero-order chi connectivity index (χ0) is 20.7. The van der Waals surface area contributed by atoms with Crippen LogP contribution in [-0.4, -0.2) is 38.5 Å². The minimum Gasteiger partial charge on any atom is -0.318 e. The number of aromatic nitrogens is 1. The monoisotopic (exact) mass is 407 g/mol. The summed E-state index contributed by atoms with van der Waals surface area (Å²) in [5.74, 6) is 0.0459. The Labute approximate surface area is 178 Å². The second-order valence-corrected chi connectivity index (χ2v) is 8.70. The van der Waals surface area contributed by atoms with E-state index in [1.54, 1.807) is 0 Å². The number of benzene rings is 1. The molecule has 0 N–H and O–H groups in total. The van der Waals surface area contributed by atoms with Gasteiger partial charge >= 0.3 is 0 Å². The van der Waals surface area contributed by atoms with Crippen LogP contribution < -0.4 is 0 Å². The van der Waals surface area contributed by atoms with Crippen molar-refractivity contribution in [3.63, 3.8) is 0 Å². The standard InChI is InChI=1S/C24H29N3OS/c1-16-10-12-21(13-11-16)26-17(2)14-19(18(26)3)15-22-23(28)27(24(29)25(22)4)20-8-6-5-7-9-20/h10-15,20H,5-9H2,1-4H3. The van der Waals surface area contributed by atoms with Crippen molar-refractivity contribution in [2.24, 2.45) is 0 Å². The number of likely N-dealkylation sites (N-methyl/N-ethyl adjacent to an activating group) is 1. The Balaban J connectivity index is 1.69. The average Bonchev–Trinajstić information content (AvgIpc) is 3.11. The summed E-state index contributed by atoms with van der Waals surface area (Å²) in [6, 6.07) is 10.9. The van der Waals surface area contributed by atoms with Crippen molar-refractivity contribution in [2.75, 3.05) is 7.05 Å². The SMILES string of the molecule is Cc1ccc(-n2c(C)cc(C=C3C(=O)N(C4CCCCC4)C(=S)N3C)c2C)cc1. The number of nitrogens with zero attached hydrogens (tertiary/aromatic N) is 3. The lowest BCUT2D eigenvalue weighted by Crippen LogP contribution is -2.41. The van der Waals surface area contributed by atoms with Crippen molar-refractivity contribution in [3.05, 3.63) is 58.5 Å². The molecule has 1 saturated carbocycles. The molecule has 1 aliphatic carbocycles. The molecule has 1 aliphatic heterocycles. The Morgan fingerprint density at radius 2 is 1.69 bits per heavy atom. The lowest BCUT2D eigenvalue weighted by molar-refractivity contribution is -0.124. The van der Waals surface area contributed by atoms with Crippen molar-refractivity contribution in [1.29, 1.82) is 0 Å². The van der Waals surface area contributed by atoms with E-state index in [1.165, 1.54) is 24.8 Å². The lowest BCUT2D eigenvalue weighted by Gasteiger charge is -2.30. The van der Waals surface area contributed by atoms with Gasteiger partial charge in [0.1, 0.15) is 5.70 Å². The highest BCUT2D eigenvalue weighted by Crippen LogP contribution is 2.32. The second-order valence-electron chi connectivity index (χ2n) is 8.34. The number of carbonyl (C=O) groups excluding carboxylic acids is 1. The number of aryl methyl sites for hydroxylation is 2. The molecular weight excluding hydrogens is 378 g/mol. The summed E-state index contributed by atoms with van der Waals surface area (Å²) in [5, 5.41) is 0.639. The summed E-state index contributed by atoms with van der Waals surface area (Å²) < 4.78 is 2.24. The predicted molar refractivity (Wildman–Crippen MR) is 122 cm³/mol. The first-order valence-corrected chi connectivity index (χ1v) is 10.9. The number of thiocarbonyl (C=S) groups is 1. The molecule has 0 spiro atoms. The predicted octanol–water partition coefficient (Wildman–Crippen LogP) is 5.14. The molecule has 2 fully saturated rings. The van der Waals surface area contributed by atoms with Crippen LogP contribution in [0.15, 0.2) is 36.0 Å². The van der Waals surface area contributed by atoms with Crippen molar-refractivity contribution in [2.45, 2.75) is 58.9 Å². The summed E-state index contributed by atoms with van der Waals surface area (Å²) in [4.78, 5) is 17.0. The summed E-state index contributed by atoms with van der Waals surface area (Å²) in [6.07, 6.45) is 7.72. The minimum absolute atomic E-state index is 0.0459. The Morgan fingerprint density at radius 1 is 1.03 bits per heavy atom. The number of amides is 1. The van der Waals surface area contributed by atoms with E-state index < -0.39 is 0 Å². The maximum atomic E-state index is 13.3. The van der Waals surface area contributed by atoms with Gasteiger partial charge in [0.05, 0.1) is 0 Å². The molecule has 29 heavy (non-hydrogen) atoms. The maximum absolute atomic E-state index is 13.3. The van der Waals surface area contributed by atoms with E-state index in [1.807, 2.05) is 22.9 Å². The fraction of sp³-hybridized carbons (Fsp3) is 0.417. The molecular formula is C24H29N3OS. The molecule has 2 aromatic rings. The van der Waals surface area contributed by atoms with Gasteiger partial charge in [-0.1, -0.05) is 37.0 Å². The summed E-state index contributed by atoms with van der Waals surface area (Å²) in [7, 11) is 1.91. The molecule has 1 aromatic carbocycles. The third-order valence-corrected chi connectivity index (χ3v) is 6.76. The second kappa shape index (κ2) is 7.79. The molecule has 2 aliphatic rings. The van der Waals surface area contributed by atoms with Gasteiger partial charge < -0.3 is 9.47 Å². The van der Waals surface area contributed by atoms with Crippen LogP contribution in [0, 0.1) is 20.8 Å². The third-order valence-electron chi connectivity index (χ3n) is 6.29. The van der Waals surface area contributed by atoms with E-state index in [2.05, 4.69) is 55.7 Å². The molecule has 4 rings (SSSR count). The molecule has 0 unspecified atom stereocenters. The Morgan fingerprint density at radius 3 is 2.34 bits per heavy atom. The first-order valence-electron chi connectivity index (χ1n) is 10.5. The van der Waals surface area contributed by atoms with Crippen LogP contribution in [-0.2, 0) is 4.79 Å². The molecule has 1 aromatic heterocycles. The third kappa shape index (κ3) is 3.52. The van der Waals surface area contributed by atoms with Crippen molar-refractivity contribution in [3.8, 4) is 5.69 Å². The van der Waals surface area contributed by atoms with Gasteiger partial charge in [-0.05, 0) is 75.7 Å². The summed E-state index contributed by atoms with van der Waals surface area (Å²) in [6.45, 7) is 6.31. The van der Waals surface area contributed by atoms with Gasteiger partial charge in [0, 0.05) is 30.2 Å². The van der Waals surface area contributed by atoms with Gasteiger partial charge in [0.2, 0.25) is 0 Å². The van der Waals surface area contributed by atoms with Gasteiger partial charge in [-0.3, -0.25) is 9.69 Å². The van der Waals surface area contributed by atoms with Crippen molar-refractivity contribution >= 4 is 29.3 Å². The quantitative estimate of drug-likeness (QED) is 0.521. The zero-order valence-corrected chi connectivity index (χ0v) is 18.6. The van der Waals surface area contributed by atoms with E-state index in [4.69, 9.17) is 12.2 Å². The summed E-state index contributed by atoms with van der Waals surface area (Å²) in [5.41, 5.74) is 6.39. The average molecular weight is 408 g/mol. The molecule has 1 amide bonds. The number of hydrogen-bond donors (Lipinski definition) is 0. The number of hydrogen-bond acceptors (Lipinski definition) is 2. The normalized spacial score (nSPS) is 19.7. The zero-order valence-electron chi connectivity index (χ0n) is 17.7. The highest BCUT2D eigenvalue weighted by atomic mass is 32.1. The van der Waals surface area contributed by atoms with Gasteiger partial charge in [-0.15, -0.1) is 0 Å². The van der Waals surface area contributed by atoms with Crippen LogP contribution in [0.2, 0.25) is 0 Å². The van der Waals surface area contributed by atoms with Crippen molar-refractivity contribution in [1.82, 2.24) is 14.4 Å². The molecule has 0 atom stereocenters. The number of rotatable bonds is 3. The Kier molecular flexibility index (Phi) is 5.34. The lowest BCUT2D eigenvalue weighted by atomic mass is 9.94. The minimum atomic E-state index is 0.0459. The van der Waals surface area contributed by atoms with E-state index in [9.17, 15) is 4.79 Å². The van der Waals surface area contributed by atoms with E-state index in [0.717, 1.165) is 35.5 Å². The fourth-order valence-corrected chi connectivity index (χ4v) is 4.94. The van der Waals surface area contributed by atoms with Crippen LogP contribution in [0.1, 0.15) is 54.6 Å². The highest BCUT2D eigenvalue weighted by Gasteiger charge is 2.40. The van der Waals surface area contributed by atoms with Gasteiger partial charge in [-0.25, -0.2) is 0 Å². The van der Waals surface area contributed by atoms with Gasteiger partial charge in [0.15, 0.2) is 5.11 Å². The largest absolute Gasteiger partial charge is 0.318 e. The van der Waals surface area contributed by atoms with E-state index in [-0.39, 0.29) is 11.9 Å². The Bertz CT molecular complexity index is 980. The van der Waals surface area contributed by atoms with Crippen LogP contribution >= 0.6 is 12.2 Å². The molecule has 0 bridgehead atoms. The van der Waals surface area contributed by atoms with Gasteiger partial charge in [0.25, 0.3) is 5.91 Å². The van der Waals surface area contributed by atoms with Crippen LogP contribution in [0.25, 0.3) is 11.8 Å². The Hall–Kier alpha value is -2.40. The van der Waals surface area contributed by atoms with Crippen LogP contribution in [0.4, 0.5) is 0 Å². The van der Waals surface area contributed by atoms with Crippen molar-refractivity contribution < 1.29 is 4.79 Å². The maximum Gasteiger partial charge on any atom is 0.277 e. The molecule has 2 heterocycles. The molecule has 0 radical (unpaired) electrons. The first-order chi connectivity index (χ1) is 13.9. The van der Waals surface area contributed by atoms with Crippen LogP contribution in [0.3, 0.4) is 0 Å². The van der Waals surface area contributed by atoms with E-state index in [0.29, 0.717) is 10.8 Å². The first kappa shape index (κ1) is 19.9. The number of carbonyl (C=O) groups is 1. The molecule has 1 saturated heterocycles. The topological polar surface area (TPSA) is 28.5 Å². The van der Waals surface area contributed by atoms with Gasteiger partial charge in [-0.2, -0.15) is 0 Å². The van der Waals surface area contributed by atoms with Crippen LogP contribution in [0.5, 0.6) is 0 Å². The molecule has 152 valence electrons. The van der Waals surface area contributed by atoms with E-state index >= 15 is 0 Å².